The lowest BCUT2D eigenvalue weighted by atomic mass is 10.0. The smallest absolute Gasteiger partial charge is 0.173 e. The third-order valence-electron chi connectivity index (χ3n) is 6.23. The number of aromatic nitrogens is 1. The molecule has 0 aliphatic rings. The number of halogens is 1. The van der Waals surface area contributed by atoms with Crippen molar-refractivity contribution in [2.45, 2.75) is 116 Å². The fourth-order valence-electron chi connectivity index (χ4n) is 4.26. The number of nitrogens with zero attached hydrogens (tertiary/aromatic N) is 1. The number of aryl methyl sites for hydroxylation is 1. The molecule has 31 heavy (non-hydrogen) atoms. The second-order valence-corrected chi connectivity index (χ2v) is 9.06. The van der Waals surface area contributed by atoms with Gasteiger partial charge in [0.05, 0.1) is 0 Å². The van der Waals surface area contributed by atoms with Crippen LogP contribution in [-0.4, -0.2) is 0 Å². The maximum absolute atomic E-state index is 2.32. The molecule has 174 valence electrons. The van der Waals surface area contributed by atoms with Gasteiger partial charge in [0.25, 0.3) is 0 Å². The van der Waals surface area contributed by atoms with Gasteiger partial charge in [-0.15, -0.1) is 0 Å². The van der Waals surface area contributed by atoms with Crippen LogP contribution in [0.2, 0.25) is 0 Å². The molecule has 0 amide bonds. The molecule has 2 heteroatoms. The molecule has 0 N–H and O–H groups in total. The van der Waals surface area contributed by atoms with Crippen LogP contribution >= 0.6 is 0 Å². The Balaban J connectivity index is 0.00000480. The topological polar surface area (TPSA) is 3.88 Å². The van der Waals surface area contributed by atoms with Crippen LogP contribution in [0.15, 0.2) is 54.9 Å². The summed E-state index contributed by atoms with van der Waals surface area (Å²) >= 11 is 0. The third kappa shape index (κ3) is 14.4. The molecule has 0 bridgehead atoms. The second kappa shape index (κ2) is 19.4. The Morgan fingerprint density at radius 1 is 0.516 bits per heavy atom. The average Bonchev–Trinajstić information content (AvgIpc) is 2.78. The van der Waals surface area contributed by atoms with Gasteiger partial charge in [-0.05, 0) is 18.4 Å². The number of benzene rings is 1. The van der Waals surface area contributed by atoms with Crippen molar-refractivity contribution < 1.29 is 17.0 Å². The minimum atomic E-state index is 0. The summed E-state index contributed by atoms with van der Waals surface area (Å²) in [6.45, 7) is 3.26. The Kier molecular flexibility index (Phi) is 17.3. The molecule has 1 nitrogen and oxygen atoms in total. The highest BCUT2D eigenvalue weighted by atomic mass is 35.5. The summed E-state index contributed by atoms with van der Waals surface area (Å²) in [7, 11) is 0. The third-order valence-corrected chi connectivity index (χ3v) is 6.23. The first kappa shape index (κ1) is 27.7. The molecule has 0 spiro atoms. The van der Waals surface area contributed by atoms with E-state index in [2.05, 4.69) is 66.3 Å². The van der Waals surface area contributed by atoms with Gasteiger partial charge in [-0.1, -0.05) is 127 Å². The Hall–Kier alpha value is -1.34. The zero-order valence-corrected chi connectivity index (χ0v) is 20.8. The van der Waals surface area contributed by atoms with E-state index in [1.807, 2.05) is 0 Å². The highest BCUT2D eigenvalue weighted by molar-refractivity contribution is 5.22. The molecule has 0 saturated carbocycles. The molecule has 0 fully saturated rings. The zero-order valence-electron chi connectivity index (χ0n) is 20.0. The first-order valence-electron chi connectivity index (χ1n) is 12.9. The van der Waals surface area contributed by atoms with Crippen LogP contribution in [0.4, 0.5) is 0 Å². The monoisotopic (exact) mass is 443 g/mol. The van der Waals surface area contributed by atoms with E-state index < -0.39 is 0 Å². The molecule has 2 rings (SSSR count). The summed E-state index contributed by atoms with van der Waals surface area (Å²) in [6.07, 6.45) is 27.0. The van der Waals surface area contributed by atoms with Crippen molar-refractivity contribution >= 4 is 0 Å². The lowest BCUT2D eigenvalue weighted by Crippen LogP contribution is -3.00. The standard InChI is InChI=1S/C29H46N.ClH/c1-2-3-4-5-6-7-8-9-10-11-12-13-14-15-17-20-28-21-23-29(24-22-28)27-30-25-18-16-19-26-30;/h16,18-19,21-26H,2-15,17,20,27H2,1H3;1H/q+1;/p-1. The lowest BCUT2D eigenvalue weighted by molar-refractivity contribution is -0.688. The fraction of sp³-hybridized carbons (Fsp3) is 0.621. The average molecular weight is 444 g/mol. The number of hydrogen-bond acceptors (Lipinski definition) is 0. The highest BCUT2D eigenvalue weighted by Crippen LogP contribution is 2.14. The SMILES string of the molecule is CCCCCCCCCCCCCCCCCc1ccc(C[n+]2ccccc2)cc1.[Cl-]. The molecule has 0 atom stereocenters. The van der Waals surface area contributed by atoms with Crippen LogP contribution in [0.1, 0.15) is 114 Å². The Bertz CT molecular complexity index is 623. The number of pyridine rings is 1. The highest BCUT2D eigenvalue weighted by Gasteiger charge is 2.01. The largest absolute Gasteiger partial charge is 1.00 e. The first-order valence-corrected chi connectivity index (χ1v) is 12.9. The summed E-state index contributed by atoms with van der Waals surface area (Å²) in [5, 5.41) is 0. The van der Waals surface area contributed by atoms with E-state index in [9.17, 15) is 0 Å². The summed E-state index contributed by atoms with van der Waals surface area (Å²) in [5.74, 6) is 0. The summed E-state index contributed by atoms with van der Waals surface area (Å²) in [6, 6.07) is 15.5. The van der Waals surface area contributed by atoms with Crippen LogP contribution in [0.5, 0.6) is 0 Å². The summed E-state index contributed by atoms with van der Waals surface area (Å²) in [5.41, 5.74) is 2.87. The molecule has 1 aromatic heterocycles. The Morgan fingerprint density at radius 2 is 0.935 bits per heavy atom. The minimum absolute atomic E-state index is 0. The predicted molar refractivity (Wildman–Crippen MR) is 131 cm³/mol. The predicted octanol–water partition coefficient (Wildman–Crippen LogP) is 5.44. The van der Waals surface area contributed by atoms with Gasteiger partial charge in [-0.3, -0.25) is 0 Å². The molecule has 0 aliphatic carbocycles. The maximum Gasteiger partial charge on any atom is 0.173 e. The van der Waals surface area contributed by atoms with E-state index in [4.69, 9.17) is 0 Å². The number of hydrogen-bond donors (Lipinski definition) is 0. The zero-order chi connectivity index (χ0) is 21.1. The quantitative estimate of drug-likeness (QED) is 0.213. The van der Waals surface area contributed by atoms with Crippen LogP contribution < -0.4 is 17.0 Å². The molecule has 0 aliphatic heterocycles. The minimum Gasteiger partial charge on any atom is -1.00 e. The van der Waals surface area contributed by atoms with E-state index in [-0.39, 0.29) is 12.4 Å². The van der Waals surface area contributed by atoms with E-state index in [1.54, 1.807) is 0 Å². The fourth-order valence-corrected chi connectivity index (χ4v) is 4.26. The molecule has 0 saturated heterocycles. The van der Waals surface area contributed by atoms with E-state index in [0.717, 1.165) is 6.54 Å². The van der Waals surface area contributed by atoms with Gasteiger partial charge in [0.15, 0.2) is 18.9 Å². The van der Waals surface area contributed by atoms with Gasteiger partial charge in [0.2, 0.25) is 0 Å². The van der Waals surface area contributed by atoms with Gasteiger partial charge in [0, 0.05) is 17.7 Å². The molecule has 1 aromatic carbocycles. The van der Waals surface area contributed by atoms with Gasteiger partial charge < -0.3 is 12.4 Å². The Morgan fingerprint density at radius 3 is 1.42 bits per heavy atom. The summed E-state index contributed by atoms with van der Waals surface area (Å²) < 4.78 is 2.23. The first-order chi connectivity index (χ1) is 14.9. The van der Waals surface area contributed by atoms with Crippen molar-refractivity contribution in [2.24, 2.45) is 0 Å². The van der Waals surface area contributed by atoms with Gasteiger partial charge >= 0.3 is 0 Å². The molecular formula is C29H46ClN. The van der Waals surface area contributed by atoms with Gasteiger partial charge in [-0.2, -0.15) is 0 Å². The molecule has 0 radical (unpaired) electrons. The number of unbranched alkanes of at least 4 members (excludes halogenated alkanes) is 14. The summed E-state index contributed by atoms with van der Waals surface area (Å²) in [4.78, 5) is 0. The van der Waals surface area contributed by atoms with Crippen LogP contribution in [0.3, 0.4) is 0 Å². The van der Waals surface area contributed by atoms with Crippen molar-refractivity contribution in [1.82, 2.24) is 0 Å². The Labute approximate surface area is 199 Å². The van der Waals surface area contributed by atoms with Gasteiger partial charge in [0.1, 0.15) is 0 Å². The van der Waals surface area contributed by atoms with Crippen molar-refractivity contribution in [1.29, 1.82) is 0 Å². The second-order valence-electron chi connectivity index (χ2n) is 9.06. The molecule has 2 aromatic rings. The molecule has 1 heterocycles. The lowest BCUT2D eigenvalue weighted by Gasteiger charge is -2.04. The van der Waals surface area contributed by atoms with Crippen LogP contribution in [-0.2, 0) is 13.0 Å². The normalized spacial score (nSPS) is 10.7. The van der Waals surface area contributed by atoms with Crippen molar-refractivity contribution in [3.05, 3.63) is 66.0 Å². The molecule has 0 unspecified atom stereocenters. The van der Waals surface area contributed by atoms with Crippen LogP contribution in [0.25, 0.3) is 0 Å². The van der Waals surface area contributed by atoms with E-state index >= 15 is 0 Å². The molecular weight excluding hydrogens is 398 g/mol. The van der Waals surface area contributed by atoms with Crippen molar-refractivity contribution in [2.75, 3.05) is 0 Å². The van der Waals surface area contributed by atoms with E-state index in [0.29, 0.717) is 0 Å². The maximum atomic E-state index is 2.32. The van der Waals surface area contributed by atoms with Crippen molar-refractivity contribution in [3.8, 4) is 0 Å². The van der Waals surface area contributed by atoms with Gasteiger partial charge in [-0.25, -0.2) is 4.57 Å². The van der Waals surface area contributed by atoms with Crippen molar-refractivity contribution in [3.63, 3.8) is 0 Å². The van der Waals surface area contributed by atoms with E-state index in [1.165, 1.54) is 114 Å². The van der Waals surface area contributed by atoms with Crippen LogP contribution in [0, 0.1) is 0 Å². The number of rotatable bonds is 18.